The van der Waals surface area contributed by atoms with Gasteiger partial charge in [-0.3, -0.25) is 0 Å². The number of hydrogen-bond acceptors (Lipinski definition) is 2. The zero-order chi connectivity index (χ0) is 14.7. The van der Waals surface area contributed by atoms with Crippen LogP contribution < -0.4 is 0 Å². The summed E-state index contributed by atoms with van der Waals surface area (Å²) in [6.45, 7) is 8.45. The number of rotatable bonds is 4. The maximum absolute atomic E-state index is 13.7. The van der Waals surface area contributed by atoms with Gasteiger partial charge in [0.25, 0.3) is 0 Å². The molecule has 0 aliphatic carbocycles. The van der Waals surface area contributed by atoms with E-state index in [1.54, 1.807) is 18.2 Å². The van der Waals surface area contributed by atoms with Crippen molar-refractivity contribution in [1.29, 1.82) is 0 Å². The molecular formula is C17H26FNO. The predicted octanol–water partition coefficient (Wildman–Crippen LogP) is 3.62. The average molecular weight is 279 g/mol. The van der Waals surface area contributed by atoms with E-state index >= 15 is 0 Å². The van der Waals surface area contributed by atoms with Crippen molar-refractivity contribution in [3.8, 4) is 0 Å². The van der Waals surface area contributed by atoms with Gasteiger partial charge in [0.2, 0.25) is 0 Å². The quantitative estimate of drug-likeness (QED) is 0.910. The molecule has 0 saturated carbocycles. The second kappa shape index (κ2) is 6.68. The molecule has 1 aliphatic heterocycles. The molecule has 1 saturated heterocycles. The number of aliphatic hydroxyl groups excluding tert-OH is 1. The van der Waals surface area contributed by atoms with Crippen LogP contribution in [0.3, 0.4) is 0 Å². The largest absolute Gasteiger partial charge is 0.388 e. The van der Waals surface area contributed by atoms with Crippen LogP contribution in [-0.4, -0.2) is 29.1 Å². The standard InChI is InChI=1S/C17H26FNO/c1-12-8-9-19(14(3)10-12)11-13(2)17(20)15-6-4-5-7-16(15)18/h4-7,12-14,17,20H,8-11H2,1-3H3. The van der Waals surface area contributed by atoms with Crippen LogP contribution in [-0.2, 0) is 0 Å². The van der Waals surface area contributed by atoms with Crippen LogP contribution in [0.2, 0.25) is 0 Å². The van der Waals surface area contributed by atoms with Gasteiger partial charge in [0, 0.05) is 18.2 Å². The summed E-state index contributed by atoms with van der Waals surface area (Å²) >= 11 is 0. The molecule has 1 aromatic carbocycles. The van der Waals surface area contributed by atoms with E-state index in [1.165, 1.54) is 18.9 Å². The fourth-order valence-electron chi connectivity index (χ4n) is 3.22. The van der Waals surface area contributed by atoms with Gasteiger partial charge in [-0.25, -0.2) is 4.39 Å². The van der Waals surface area contributed by atoms with Crippen molar-refractivity contribution in [3.05, 3.63) is 35.6 Å². The normalized spacial score (nSPS) is 27.2. The molecule has 3 heteroatoms. The summed E-state index contributed by atoms with van der Waals surface area (Å²) in [5, 5.41) is 10.4. The maximum atomic E-state index is 13.7. The van der Waals surface area contributed by atoms with Crippen LogP contribution in [0.5, 0.6) is 0 Å². The highest BCUT2D eigenvalue weighted by Gasteiger charge is 2.27. The Morgan fingerprint density at radius 2 is 2.05 bits per heavy atom. The minimum absolute atomic E-state index is 0.0303. The summed E-state index contributed by atoms with van der Waals surface area (Å²) in [5.74, 6) is 0.503. The number of benzene rings is 1. The lowest BCUT2D eigenvalue weighted by Crippen LogP contribution is -2.43. The van der Waals surface area contributed by atoms with Crippen molar-refractivity contribution in [2.75, 3.05) is 13.1 Å². The molecule has 0 radical (unpaired) electrons. The van der Waals surface area contributed by atoms with E-state index in [0.29, 0.717) is 11.6 Å². The van der Waals surface area contributed by atoms with Gasteiger partial charge < -0.3 is 10.0 Å². The molecule has 1 N–H and O–H groups in total. The Morgan fingerprint density at radius 3 is 2.70 bits per heavy atom. The smallest absolute Gasteiger partial charge is 0.129 e. The van der Waals surface area contributed by atoms with E-state index < -0.39 is 6.10 Å². The van der Waals surface area contributed by atoms with Gasteiger partial charge >= 0.3 is 0 Å². The van der Waals surface area contributed by atoms with Crippen LogP contribution in [0.4, 0.5) is 4.39 Å². The first-order chi connectivity index (χ1) is 9.49. The van der Waals surface area contributed by atoms with Gasteiger partial charge in [-0.15, -0.1) is 0 Å². The molecule has 2 nitrogen and oxygen atoms in total. The first-order valence-electron chi connectivity index (χ1n) is 7.65. The number of likely N-dealkylation sites (tertiary alicyclic amines) is 1. The molecule has 2 rings (SSSR count). The molecule has 1 aliphatic rings. The topological polar surface area (TPSA) is 23.5 Å². The van der Waals surface area contributed by atoms with E-state index in [2.05, 4.69) is 18.7 Å². The van der Waals surface area contributed by atoms with Crippen LogP contribution in [0, 0.1) is 17.7 Å². The van der Waals surface area contributed by atoms with Crippen LogP contribution in [0.1, 0.15) is 45.3 Å². The van der Waals surface area contributed by atoms with Crippen molar-refractivity contribution in [1.82, 2.24) is 4.90 Å². The lowest BCUT2D eigenvalue weighted by molar-refractivity contribution is 0.0532. The minimum Gasteiger partial charge on any atom is -0.388 e. The molecule has 0 spiro atoms. The van der Waals surface area contributed by atoms with Gasteiger partial charge in [0.05, 0.1) is 6.10 Å². The summed E-state index contributed by atoms with van der Waals surface area (Å²) < 4.78 is 13.7. The Bertz CT molecular complexity index is 437. The molecule has 0 bridgehead atoms. The molecule has 1 aromatic rings. The molecule has 112 valence electrons. The van der Waals surface area contributed by atoms with Crippen molar-refractivity contribution in [2.24, 2.45) is 11.8 Å². The van der Waals surface area contributed by atoms with Crippen LogP contribution in [0.15, 0.2) is 24.3 Å². The maximum Gasteiger partial charge on any atom is 0.129 e. The molecule has 1 fully saturated rings. The zero-order valence-electron chi connectivity index (χ0n) is 12.7. The Hall–Kier alpha value is -0.930. The summed E-state index contributed by atoms with van der Waals surface area (Å²) in [7, 11) is 0. The molecule has 20 heavy (non-hydrogen) atoms. The Labute approximate surface area is 121 Å². The first kappa shape index (κ1) is 15.5. The third kappa shape index (κ3) is 3.58. The average Bonchev–Trinajstić information content (AvgIpc) is 2.41. The van der Waals surface area contributed by atoms with Crippen molar-refractivity contribution in [3.63, 3.8) is 0 Å². The lowest BCUT2D eigenvalue weighted by Gasteiger charge is -2.38. The van der Waals surface area contributed by atoms with Crippen LogP contribution >= 0.6 is 0 Å². The van der Waals surface area contributed by atoms with Gasteiger partial charge in [-0.1, -0.05) is 32.0 Å². The Kier molecular flexibility index (Phi) is 5.17. The van der Waals surface area contributed by atoms with E-state index in [9.17, 15) is 9.50 Å². The van der Waals surface area contributed by atoms with Crippen molar-refractivity contribution < 1.29 is 9.50 Å². The van der Waals surface area contributed by atoms with Gasteiger partial charge in [-0.05, 0) is 44.2 Å². The first-order valence-corrected chi connectivity index (χ1v) is 7.65. The Morgan fingerprint density at radius 1 is 1.35 bits per heavy atom. The fraction of sp³-hybridized carbons (Fsp3) is 0.647. The minimum atomic E-state index is -0.734. The zero-order valence-corrected chi connectivity index (χ0v) is 12.7. The third-order valence-corrected chi connectivity index (χ3v) is 4.56. The summed E-state index contributed by atoms with van der Waals surface area (Å²) in [4.78, 5) is 2.43. The molecule has 0 amide bonds. The summed E-state index contributed by atoms with van der Waals surface area (Å²) in [5.41, 5.74) is 0.415. The molecule has 4 unspecified atom stereocenters. The number of nitrogens with zero attached hydrogens (tertiary/aromatic N) is 1. The highest BCUT2D eigenvalue weighted by atomic mass is 19.1. The molecule has 1 heterocycles. The molecule has 4 atom stereocenters. The van der Waals surface area contributed by atoms with E-state index in [0.717, 1.165) is 19.0 Å². The van der Waals surface area contributed by atoms with Gasteiger partial charge in [0.15, 0.2) is 0 Å². The Balaban J connectivity index is 1.98. The SMILES string of the molecule is CC1CCN(CC(C)C(O)c2ccccc2F)C(C)C1. The van der Waals surface area contributed by atoms with Gasteiger partial charge in [0.1, 0.15) is 5.82 Å². The van der Waals surface area contributed by atoms with Crippen molar-refractivity contribution in [2.45, 2.75) is 45.8 Å². The predicted molar refractivity (Wildman–Crippen MR) is 80.0 cm³/mol. The van der Waals surface area contributed by atoms with E-state index in [4.69, 9.17) is 0 Å². The fourth-order valence-corrected chi connectivity index (χ4v) is 3.22. The number of aliphatic hydroxyl groups is 1. The van der Waals surface area contributed by atoms with E-state index in [-0.39, 0.29) is 11.7 Å². The monoisotopic (exact) mass is 279 g/mol. The van der Waals surface area contributed by atoms with Gasteiger partial charge in [-0.2, -0.15) is 0 Å². The second-order valence-electron chi connectivity index (χ2n) is 6.42. The molecule has 0 aromatic heterocycles. The van der Waals surface area contributed by atoms with Crippen LogP contribution in [0.25, 0.3) is 0 Å². The second-order valence-corrected chi connectivity index (χ2v) is 6.42. The molecular weight excluding hydrogens is 253 g/mol. The number of piperidine rings is 1. The highest BCUT2D eigenvalue weighted by Crippen LogP contribution is 2.28. The summed E-state index contributed by atoms with van der Waals surface area (Å²) in [6, 6.07) is 7.08. The van der Waals surface area contributed by atoms with Crippen molar-refractivity contribution >= 4 is 0 Å². The lowest BCUT2D eigenvalue weighted by atomic mass is 9.90. The highest BCUT2D eigenvalue weighted by molar-refractivity contribution is 5.20. The summed E-state index contributed by atoms with van der Waals surface area (Å²) in [6.07, 6.45) is 1.69. The number of halogens is 1. The van der Waals surface area contributed by atoms with E-state index in [1.807, 2.05) is 6.92 Å². The third-order valence-electron chi connectivity index (χ3n) is 4.56. The number of hydrogen-bond donors (Lipinski definition) is 1.